The van der Waals surface area contributed by atoms with Crippen molar-refractivity contribution in [3.05, 3.63) is 35.4 Å². The molecule has 0 amide bonds. The van der Waals surface area contributed by atoms with Crippen LogP contribution in [0.5, 0.6) is 0 Å². The van der Waals surface area contributed by atoms with Gasteiger partial charge in [0.05, 0.1) is 0 Å². The van der Waals surface area contributed by atoms with Gasteiger partial charge < -0.3 is 5.32 Å². The molecule has 112 valence electrons. The number of nitrogens with zero attached hydrogens (tertiary/aromatic N) is 1. The lowest BCUT2D eigenvalue weighted by atomic mass is 10.0. The molecule has 2 heteroatoms. The van der Waals surface area contributed by atoms with E-state index in [1.165, 1.54) is 43.5 Å². The predicted molar refractivity (Wildman–Crippen MR) is 87.0 cm³/mol. The molecule has 0 radical (unpaired) electrons. The summed E-state index contributed by atoms with van der Waals surface area (Å²) >= 11 is 0. The maximum Gasteiger partial charge on any atom is 0.0239 e. The Morgan fingerprint density at radius 1 is 1.20 bits per heavy atom. The van der Waals surface area contributed by atoms with Crippen LogP contribution in [-0.2, 0) is 13.0 Å². The molecule has 1 aliphatic heterocycles. The molecular weight excluding hydrogens is 244 g/mol. The minimum Gasteiger partial charge on any atom is -0.313 e. The molecule has 0 bridgehead atoms. The number of hydrogen-bond acceptors (Lipinski definition) is 2. The van der Waals surface area contributed by atoms with Crippen LogP contribution in [0.15, 0.2) is 24.3 Å². The molecule has 0 saturated carbocycles. The first-order valence-electron chi connectivity index (χ1n) is 8.25. The fourth-order valence-electron chi connectivity index (χ4n) is 3.10. The third kappa shape index (κ3) is 4.32. The lowest BCUT2D eigenvalue weighted by molar-refractivity contribution is 0.177. The van der Waals surface area contributed by atoms with Crippen molar-refractivity contribution in [3.8, 4) is 0 Å². The van der Waals surface area contributed by atoms with Gasteiger partial charge in [0.2, 0.25) is 0 Å². The molecule has 1 aromatic carbocycles. The molecule has 1 unspecified atom stereocenters. The third-order valence-electron chi connectivity index (χ3n) is 4.47. The Morgan fingerprint density at radius 2 is 1.95 bits per heavy atom. The Hall–Kier alpha value is -0.860. The molecule has 0 aliphatic carbocycles. The maximum absolute atomic E-state index is 3.68. The zero-order valence-electron chi connectivity index (χ0n) is 13.4. The van der Waals surface area contributed by atoms with Crippen molar-refractivity contribution in [2.75, 3.05) is 13.1 Å². The van der Waals surface area contributed by atoms with E-state index in [4.69, 9.17) is 0 Å². The summed E-state index contributed by atoms with van der Waals surface area (Å²) in [5.41, 5.74) is 2.99. The van der Waals surface area contributed by atoms with E-state index < -0.39 is 0 Å². The van der Waals surface area contributed by atoms with E-state index in [9.17, 15) is 0 Å². The highest BCUT2D eigenvalue weighted by Crippen LogP contribution is 2.16. The summed E-state index contributed by atoms with van der Waals surface area (Å²) in [5, 5.41) is 3.68. The van der Waals surface area contributed by atoms with E-state index in [0.717, 1.165) is 13.0 Å². The van der Waals surface area contributed by atoms with E-state index in [1.54, 1.807) is 0 Å². The van der Waals surface area contributed by atoms with Crippen molar-refractivity contribution in [2.24, 2.45) is 0 Å². The van der Waals surface area contributed by atoms with Crippen LogP contribution < -0.4 is 5.32 Å². The van der Waals surface area contributed by atoms with Gasteiger partial charge in [0.15, 0.2) is 0 Å². The van der Waals surface area contributed by atoms with Crippen molar-refractivity contribution in [1.29, 1.82) is 0 Å². The van der Waals surface area contributed by atoms with Gasteiger partial charge >= 0.3 is 0 Å². The minimum absolute atomic E-state index is 0.601. The van der Waals surface area contributed by atoms with Crippen LogP contribution in [0, 0.1) is 0 Å². The summed E-state index contributed by atoms with van der Waals surface area (Å²) in [4.78, 5) is 2.62. The van der Waals surface area contributed by atoms with Crippen molar-refractivity contribution < 1.29 is 0 Å². The lowest BCUT2D eigenvalue weighted by Crippen LogP contribution is -2.45. The molecule has 1 fully saturated rings. The second-order valence-electron chi connectivity index (χ2n) is 6.29. The first-order chi connectivity index (χ1) is 9.70. The molecule has 1 N–H and O–H groups in total. The molecule has 2 nitrogen and oxygen atoms in total. The van der Waals surface area contributed by atoms with Gasteiger partial charge in [-0.3, -0.25) is 4.90 Å². The Balaban J connectivity index is 2.01. The fraction of sp³-hybridized carbons (Fsp3) is 0.667. The molecule has 20 heavy (non-hydrogen) atoms. The van der Waals surface area contributed by atoms with Crippen LogP contribution in [0.25, 0.3) is 0 Å². The fourth-order valence-corrected chi connectivity index (χ4v) is 3.10. The second-order valence-corrected chi connectivity index (χ2v) is 6.29. The highest BCUT2D eigenvalue weighted by atomic mass is 15.2. The molecular formula is C18H30N2. The van der Waals surface area contributed by atoms with Gasteiger partial charge in [-0.05, 0) is 50.8 Å². The first-order valence-corrected chi connectivity index (χ1v) is 8.25. The number of rotatable bonds is 6. The summed E-state index contributed by atoms with van der Waals surface area (Å²) in [5.74, 6) is 0. The largest absolute Gasteiger partial charge is 0.313 e. The number of hydrogen-bond donors (Lipinski definition) is 1. The molecule has 1 atom stereocenters. The van der Waals surface area contributed by atoms with Crippen molar-refractivity contribution in [1.82, 2.24) is 10.2 Å². The average Bonchev–Trinajstić information content (AvgIpc) is 2.48. The predicted octanol–water partition coefficient (Wildman–Crippen LogP) is 3.60. The van der Waals surface area contributed by atoms with Crippen molar-refractivity contribution >= 4 is 0 Å². The van der Waals surface area contributed by atoms with Gasteiger partial charge in [-0.1, -0.05) is 37.6 Å². The van der Waals surface area contributed by atoms with Crippen LogP contribution >= 0.6 is 0 Å². The Bertz CT molecular complexity index is 394. The second kappa shape index (κ2) is 7.80. The SMILES string of the molecule is CCc1ccccc1CN(CC1CCCCN1)C(C)C. The van der Waals surface area contributed by atoms with Crippen LogP contribution in [0.4, 0.5) is 0 Å². The van der Waals surface area contributed by atoms with Crippen LogP contribution in [-0.4, -0.2) is 30.1 Å². The van der Waals surface area contributed by atoms with E-state index in [0.29, 0.717) is 12.1 Å². The zero-order valence-corrected chi connectivity index (χ0v) is 13.4. The first kappa shape index (κ1) is 15.5. The standard InChI is InChI=1S/C18H30N2/c1-4-16-9-5-6-10-17(16)13-20(15(2)3)14-18-11-7-8-12-19-18/h5-6,9-10,15,18-19H,4,7-8,11-14H2,1-3H3. The van der Waals surface area contributed by atoms with E-state index >= 15 is 0 Å². The summed E-state index contributed by atoms with van der Waals surface area (Å²) in [6, 6.07) is 10.2. The topological polar surface area (TPSA) is 15.3 Å². The van der Waals surface area contributed by atoms with Crippen LogP contribution in [0.3, 0.4) is 0 Å². The van der Waals surface area contributed by atoms with Gasteiger partial charge in [-0.2, -0.15) is 0 Å². The van der Waals surface area contributed by atoms with E-state index in [1.807, 2.05) is 0 Å². The molecule has 1 heterocycles. The number of benzene rings is 1. The Labute approximate surface area is 124 Å². The normalized spacial score (nSPS) is 19.8. The van der Waals surface area contributed by atoms with Gasteiger partial charge in [0.25, 0.3) is 0 Å². The molecule has 1 saturated heterocycles. The van der Waals surface area contributed by atoms with Crippen molar-refractivity contribution in [2.45, 2.75) is 65.1 Å². The van der Waals surface area contributed by atoms with Crippen LogP contribution in [0.1, 0.15) is 51.2 Å². The molecule has 0 aromatic heterocycles. The van der Waals surface area contributed by atoms with Gasteiger partial charge in [0.1, 0.15) is 0 Å². The van der Waals surface area contributed by atoms with Crippen molar-refractivity contribution in [3.63, 3.8) is 0 Å². The molecule has 1 aliphatic rings. The smallest absolute Gasteiger partial charge is 0.0239 e. The number of piperidine rings is 1. The number of nitrogens with one attached hydrogen (secondary N) is 1. The zero-order chi connectivity index (χ0) is 14.4. The summed E-state index contributed by atoms with van der Waals surface area (Å²) in [7, 11) is 0. The minimum atomic E-state index is 0.601. The summed E-state index contributed by atoms with van der Waals surface area (Å²) in [6.45, 7) is 10.3. The van der Waals surface area contributed by atoms with E-state index in [-0.39, 0.29) is 0 Å². The summed E-state index contributed by atoms with van der Waals surface area (Å²) in [6.07, 6.45) is 5.19. The summed E-state index contributed by atoms with van der Waals surface area (Å²) < 4.78 is 0. The van der Waals surface area contributed by atoms with Gasteiger partial charge in [-0.15, -0.1) is 0 Å². The Kier molecular flexibility index (Phi) is 6.06. The van der Waals surface area contributed by atoms with E-state index in [2.05, 4.69) is 55.3 Å². The lowest BCUT2D eigenvalue weighted by Gasteiger charge is -2.33. The monoisotopic (exact) mass is 274 g/mol. The molecule has 1 aromatic rings. The number of aryl methyl sites for hydroxylation is 1. The molecule has 2 rings (SSSR count). The highest BCUT2D eigenvalue weighted by Gasteiger charge is 2.19. The van der Waals surface area contributed by atoms with Gasteiger partial charge in [-0.25, -0.2) is 0 Å². The average molecular weight is 274 g/mol. The molecule has 0 spiro atoms. The third-order valence-corrected chi connectivity index (χ3v) is 4.47. The maximum atomic E-state index is 3.68. The van der Waals surface area contributed by atoms with Gasteiger partial charge in [0, 0.05) is 25.2 Å². The van der Waals surface area contributed by atoms with Crippen LogP contribution in [0.2, 0.25) is 0 Å². The highest BCUT2D eigenvalue weighted by molar-refractivity contribution is 5.27. The quantitative estimate of drug-likeness (QED) is 0.852. The Morgan fingerprint density at radius 3 is 2.55 bits per heavy atom.